The zero-order valence-corrected chi connectivity index (χ0v) is 16.2. The van der Waals surface area contributed by atoms with E-state index in [0.29, 0.717) is 28.7 Å². The number of aromatic hydroxyl groups is 2. The number of nitrogens with zero attached hydrogens (tertiary/aromatic N) is 3. The third kappa shape index (κ3) is 3.68. The van der Waals surface area contributed by atoms with Gasteiger partial charge >= 0.3 is 0 Å². The first kappa shape index (κ1) is 19.1. The molecule has 0 unspecified atom stereocenters. The van der Waals surface area contributed by atoms with E-state index in [9.17, 15) is 15.0 Å². The van der Waals surface area contributed by atoms with Gasteiger partial charge in [-0.15, -0.1) is 0 Å². The average molecular weight is 405 g/mol. The Labute approximate surface area is 171 Å². The number of benzene rings is 2. The molecule has 0 atom stereocenters. The Hall–Kier alpha value is -4.27. The Balaban J connectivity index is 1.62. The predicted octanol–water partition coefficient (Wildman–Crippen LogP) is 3.28. The van der Waals surface area contributed by atoms with Crippen LogP contribution < -0.4 is 15.4 Å². The number of anilines is 2. The summed E-state index contributed by atoms with van der Waals surface area (Å²) >= 11 is 0. The molecule has 0 spiro atoms. The van der Waals surface area contributed by atoms with E-state index in [1.165, 1.54) is 31.4 Å². The van der Waals surface area contributed by atoms with Gasteiger partial charge in [0.25, 0.3) is 5.91 Å². The van der Waals surface area contributed by atoms with Crippen molar-refractivity contribution in [1.29, 1.82) is 0 Å². The maximum Gasteiger partial charge on any atom is 0.269 e. The number of aromatic nitrogens is 3. The van der Waals surface area contributed by atoms with Crippen molar-refractivity contribution in [3.8, 4) is 23.0 Å². The number of amides is 1. The third-order valence-corrected chi connectivity index (χ3v) is 4.51. The molecule has 9 nitrogen and oxygen atoms in total. The summed E-state index contributed by atoms with van der Waals surface area (Å²) in [5, 5.41) is 25.2. The Morgan fingerprint density at radius 3 is 2.67 bits per heavy atom. The second kappa shape index (κ2) is 7.63. The van der Waals surface area contributed by atoms with Crippen LogP contribution >= 0.6 is 0 Å². The fraction of sp³-hybridized carbons (Fsp3) is 0.0952. The molecule has 4 rings (SSSR count). The van der Waals surface area contributed by atoms with Gasteiger partial charge in [0, 0.05) is 38.5 Å². The molecule has 0 radical (unpaired) electrons. The van der Waals surface area contributed by atoms with Gasteiger partial charge in [0.15, 0.2) is 0 Å². The summed E-state index contributed by atoms with van der Waals surface area (Å²) in [6.45, 7) is 0. The molecule has 0 aliphatic rings. The number of ether oxygens (including phenoxy) is 1. The van der Waals surface area contributed by atoms with E-state index in [1.807, 2.05) is 17.7 Å². The van der Waals surface area contributed by atoms with Crippen LogP contribution in [0.15, 0.2) is 54.7 Å². The topological polar surface area (TPSA) is 122 Å². The van der Waals surface area contributed by atoms with Gasteiger partial charge in [-0.2, -0.15) is 0 Å². The molecule has 2 aromatic heterocycles. The van der Waals surface area contributed by atoms with Gasteiger partial charge in [0.05, 0.1) is 16.7 Å². The Bertz CT molecular complexity index is 1250. The van der Waals surface area contributed by atoms with Crippen molar-refractivity contribution in [2.75, 3.05) is 12.4 Å². The lowest BCUT2D eigenvalue weighted by atomic mass is 10.3. The number of hydrogen-bond donors (Lipinski definition) is 4. The van der Waals surface area contributed by atoms with Gasteiger partial charge in [-0.1, -0.05) is 0 Å². The minimum Gasteiger partial charge on any atom is -0.508 e. The maximum absolute atomic E-state index is 11.7. The SMILES string of the molecule is CNC(=O)c1cc(Oc2ccc3c(c2)nc(Nc2cc(O)ccc2O)n3C)ccn1. The molecule has 4 aromatic rings. The van der Waals surface area contributed by atoms with E-state index in [-0.39, 0.29) is 23.1 Å². The summed E-state index contributed by atoms with van der Waals surface area (Å²) in [6.07, 6.45) is 1.50. The van der Waals surface area contributed by atoms with Gasteiger partial charge < -0.3 is 30.2 Å². The Kier molecular flexibility index (Phi) is 4.85. The van der Waals surface area contributed by atoms with Crippen LogP contribution in [0.5, 0.6) is 23.0 Å². The lowest BCUT2D eigenvalue weighted by Gasteiger charge is -2.08. The molecule has 152 valence electrons. The summed E-state index contributed by atoms with van der Waals surface area (Å²) in [6, 6.07) is 12.8. The van der Waals surface area contributed by atoms with Crippen LogP contribution in [-0.2, 0) is 7.05 Å². The number of phenols is 2. The van der Waals surface area contributed by atoms with E-state index in [0.717, 1.165) is 5.52 Å². The van der Waals surface area contributed by atoms with Gasteiger partial charge in [-0.3, -0.25) is 9.78 Å². The minimum absolute atomic E-state index is 0.00603. The van der Waals surface area contributed by atoms with Crippen molar-refractivity contribution in [1.82, 2.24) is 19.9 Å². The smallest absolute Gasteiger partial charge is 0.269 e. The molecule has 0 aliphatic heterocycles. The van der Waals surface area contributed by atoms with Crippen molar-refractivity contribution >= 4 is 28.6 Å². The maximum atomic E-state index is 11.7. The van der Waals surface area contributed by atoms with E-state index in [1.54, 1.807) is 24.3 Å². The molecule has 30 heavy (non-hydrogen) atoms. The van der Waals surface area contributed by atoms with Crippen LogP contribution in [0.4, 0.5) is 11.6 Å². The number of imidazole rings is 1. The second-order valence-electron chi connectivity index (χ2n) is 6.53. The summed E-state index contributed by atoms with van der Waals surface area (Å²) in [5.41, 5.74) is 2.10. The number of aryl methyl sites for hydroxylation is 1. The Morgan fingerprint density at radius 2 is 1.87 bits per heavy atom. The van der Waals surface area contributed by atoms with Gasteiger partial charge in [0.2, 0.25) is 5.95 Å². The summed E-state index contributed by atoms with van der Waals surface area (Å²) in [7, 11) is 3.37. The largest absolute Gasteiger partial charge is 0.508 e. The first-order chi connectivity index (χ1) is 14.4. The first-order valence-electron chi connectivity index (χ1n) is 9.06. The number of hydrogen-bond acceptors (Lipinski definition) is 7. The molecule has 2 aromatic carbocycles. The molecular weight excluding hydrogens is 386 g/mol. The van der Waals surface area contributed by atoms with Crippen molar-refractivity contribution in [3.63, 3.8) is 0 Å². The highest BCUT2D eigenvalue weighted by molar-refractivity contribution is 5.92. The third-order valence-electron chi connectivity index (χ3n) is 4.51. The van der Waals surface area contributed by atoms with Crippen molar-refractivity contribution in [2.24, 2.45) is 7.05 Å². The first-order valence-corrected chi connectivity index (χ1v) is 9.06. The highest BCUT2D eigenvalue weighted by Crippen LogP contribution is 2.32. The van der Waals surface area contributed by atoms with Crippen molar-refractivity contribution in [3.05, 3.63) is 60.4 Å². The van der Waals surface area contributed by atoms with E-state index in [2.05, 4.69) is 20.6 Å². The average Bonchev–Trinajstić information content (AvgIpc) is 3.05. The fourth-order valence-electron chi connectivity index (χ4n) is 2.96. The highest BCUT2D eigenvalue weighted by Gasteiger charge is 2.12. The Morgan fingerprint density at radius 1 is 1.07 bits per heavy atom. The quantitative estimate of drug-likeness (QED) is 0.297. The van der Waals surface area contributed by atoms with E-state index >= 15 is 0 Å². The standard InChI is InChI=1S/C21H19N5O4/c1-22-20(29)17-11-14(7-8-23-17)30-13-4-5-18-15(10-13)24-21(26(18)2)25-16-9-12(27)3-6-19(16)28/h3-11,27-28H,1-2H3,(H,22,29)(H,24,25). The van der Waals surface area contributed by atoms with Crippen LogP contribution in [0, 0.1) is 0 Å². The van der Waals surface area contributed by atoms with Crippen LogP contribution in [0.25, 0.3) is 11.0 Å². The number of carbonyl (C=O) groups is 1. The van der Waals surface area contributed by atoms with Gasteiger partial charge in [0.1, 0.15) is 28.7 Å². The minimum atomic E-state index is -0.299. The summed E-state index contributed by atoms with van der Waals surface area (Å²) < 4.78 is 7.68. The predicted molar refractivity (Wildman–Crippen MR) is 111 cm³/mol. The zero-order valence-electron chi connectivity index (χ0n) is 16.2. The van der Waals surface area contributed by atoms with Crippen LogP contribution in [0.2, 0.25) is 0 Å². The number of carbonyl (C=O) groups excluding carboxylic acids is 1. The monoisotopic (exact) mass is 405 g/mol. The molecule has 1 amide bonds. The van der Waals surface area contributed by atoms with E-state index < -0.39 is 0 Å². The molecular formula is C21H19N5O4. The molecule has 0 saturated carbocycles. The number of nitrogens with one attached hydrogen (secondary N) is 2. The molecule has 0 aliphatic carbocycles. The lowest BCUT2D eigenvalue weighted by Crippen LogP contribution is -2.18. The molecule has 0 bridgehead atoms. The van der Waals surface area contributed by atoms with Crippen LogP contribution in [0.3, 0.4) is 0 Å². The van der Waals surface area contributed by atoms with Gasteiger partial charge in [-0.25, -0.2) is 4.98 Å². The normalized spacial score (nSPS) is 10.7. The fourth-order valence-corrected chi connectivity index (χ4v) is 2.96. The van der Waals surface area contributed by atoms with Crippen LogP contribution in [-0.4, -0.2) is 37.7 Å². The summed E-state index contributed by atoms with van der Waals surface area (Å²) in [5.74, 6) is 1.22. The number of pyridine rings is 1. The molecule has 2 heterocycles. The molecule has 9 heteroatoms. The number of rotatable bonds is 5. The zero-order chi connectivity index (χ0) is 21.3. The second-order valence-corrected chi connectivity index (χ2v) is 6.53. The van der Waals surface area contributed by atoms with Crippen molar-refractivity contribution in [2.45, 2.75) is 0 Å². The van der Waals surface area contributed by atoms with Crippen LogP contribution in [0.1, 0.15) is 10.5 Å². The lowest BCUT2D eigenvalue weighted by molar-refractivity contribution is 0.0958. The van der Waals surface area contributed by atoms with Crippen molar-refractivity contribution < 1.29 is 19.7 Å². The van der Waals surface area contributed by atoms with E-state index in [4.69, 9.17) is 4.74 Å². The highest BCUT2D eigenvalue weighted by atomic mass is 16.5. The summed E-state index contributed by atoms with van der Waals surface area (Å²) in [4.78, 5) is 20.3. The number of phenolic OH excluding ortho intramolecular Hbond substituents is 2. The molecule has 0 fully saturated rings. The molecule has 4 N–H and O–H groups in total. The van der Waals surface area contributed by atoms with Gasteiger partial charge in [-0.05, 0) is 30.3 Å². The number of fused-ring (bicyclic) bond motifs is 1. The molecule has 0 saturated heterocycles.